The highest BCUT2D eigenvalue weighted by molar-refractivity contribution is 6.06. The highest BCUT2D eigenvalue weighted by Gasteiger charge is 2.45. The fraction of sp³-hybridized carbons (Fsp3) is 0.508. The Labute approximate surface area is 474 Å². The van der Waals surface area contributed by atoms with E-state index in [0.717, 1.165) is 10.5 Å². The number of aryl methyl sites for hydroxylation is 1. The summed E-state index contributed by atoms with van der Waals surface area (Å²) in [4.78, 5) is 83.9. The number of aliphatic hydroxyl groups is 1. The Morgan fingerprint density at radius 2 is 1.52 bits per heavy atom. The summed E-state index contributed by atoms with van der Waals surface area (Å²) in [6, 6.07) is 19.5. The van der Waals surface area contributed by atoms with Crippen LogP contribution in [0.15, 0.2) is 72.8 Å². The van der Waals surface area contributed by atoms with Crippen LogP contribution < -0.4 is 44.4 Å². The van der Waals surface area contributed by atoms with Crippen molar-refractivity contribution in [3.8, 4) is 34.5 Å². The first kappa shape index (κ1) is 61.0. The van der Waals surface area contributed by atoms with Crippen LogP contribution in [0.2, 0.25) is 0 Å². The highest BCUT2D eigenvalue weighted by atomic mass is 16.6. The second-order valence-electron chi connectivity index (χ2n) is 21.2. The largest absolute Gasteiger partial charge is 0.493 e. The van der Waals surface area contributed by atoms with Gasteiger partial charge in [-0.3, -0.25) is 34.2 Å². The summed E-state index contributed by atoms with van der Waals surface area (Å²) >= 11 is 0. The lowest BCUT2D eigenvalue weighted by Gasteiger charge is -2.37. The maximum absolute atomic E-state index is 14.7. The third-order valence-electron chi connectivity index (χ3n) is 15.9. The quantitative estimate of drug-likeness (QED) is 0.0330. The van der Waals surface area contributed by atoms with Gasteiger partial charge < -0.3 is 58.5 Å². The Balaban J connectivity index is 1.02. The zero-order valence-corrected chi connectivity index (χ0v) is 48.3. The average Bonchev–Trinajstić information content (AvgIpc) is 3.87. The predicted molar refractivity (Wildman–Crippen MR) is 301 cm³/mol. The number of rotatable bonds is 27. The average molecular weight is 1120 g/mol. The lowest BCUT2D eigenvalue weighted by atomic mass is 9.91. The maximum Gasteiger partial charge on any atom is 0.329 e. The molecule has 0 aromatic heterocycles. The molecular weight excluding hydrogens is 1040 g/mol. The number of methoxy groups -OCH3 is 5. The minimum Gasteiger partial charge on any atom is -0.493 e. The summed E-state index contributed by atoms with van der Waals surface area (Å²) < 4.78 is 47.2. The Morgan fingerprint density at radius 1 is 0.802 bits per heavy atom. The zero-order valence-electron chi connectivity index (χ0n) is 48.3. The number of hydrogen-bond acceptors (Lipinski definition) is 16. The maximum atomic E-state index is 14.7. The van der Waals surface area contributed by atoms with E-state index in [0.29, 0.717) is 115 Å². The van der Waals surface area contributed by atoms with Crippen LogP contribution in [0.25, 0.3) is 0 Å². The van der Waals surface area contributed by atoms with Gasteiger partial charge >= 0.3 is 5.97 Å². The van der Waals surface area contributed by atoms with Gasteiger partial charge in [0.2, 0.25) is 23.5 Å². The van der Waals surface area contributed by atoms with Crippen molar-refractivity contribution in [2.45, 2.75) is 140 Å². The van der Waals surface area contributed by atoms with Crippen LogP contribution >= 0.6 is 0 Å². The van der Waals surface area contributed by atoms with E-state index in [2.05, 4.69) is 16.0 Å². The molecule has 5 amide bonds. The van der Waals surface area contributed by atoms with E-state index in [4.69, 9.17) is 37.9 Å². The Hall–Kier alpha value is -7.58. The zero-order chi connectivity index (χ0) is 58.6. The number of carbonyl (C=O) groups excluding carboxylic acids is 6. The number of amides is 5. The number of anilines is 1. The molecule has 0 aliphatic carbocycles. The highest BCUT2D eigenvalue weighted by Crippen LogP contribution is 2.43. The molecule has 0 bridgehead atoms. The van der Waals surface area contributed by atoms with Crippen LogP contribution in [0, 0.1) is 0 Å². The SMILES string of the molecule is CC[C@H](C(=O)N1CCCC[C@H]1C(=O)O[C@H](CCc1ccc(OC)c(OC)c1)c1ccccc1OCC(=O)NCC(C)(CC)OCC(C)(CC)Nc1ccc2c(c1)C(=O)N(C1CCC(=O)NC1=O)C2O)c1cc(OC)c(OC)c(OC)c1. The first-order valence-corrected chi connectivity index (χ1v) is 27.8. The molecule has 81 heavy (non-hydrogen) atoms. The molecule has 4 unspecified atom stereocenters. The molecule has 7 atom stereocenters. The molecule has 7 rings (SSSR count). The molecule has 0 saturated carbocycles. The van der Waals surface area contributed by atoms with Crippen molar-refractivity contribution in [3.63, 3.8) is 0 Å². The monoisotopic (exact) mass is 1120 g/mol. The number of likely N-dealkylation sites (tertiary alicyclic amines) is 1. The van der Waals surface area contributed by atoms with Gasteiger partial charge in [0.05, 0.1) is 59.2 Å². The molecule has 4 aromatic carbocycles. The van der Waals surface area contributed by atoms with E-state index in [-0.39, 0.29) is 44.1 Å². The standard InChI is InChI=1S/C61H79N5O15/c1-11-40(38-31-50(76-8)54(78-10)51(32-38)77-9)56(70)65-29-17-16-19-45(65)59(73)81-47(26-21-37-22-27-48(74-6)49(30-37)75-7)42-18-14-15-20-46(42)79-34-53(68)62-35-61(5,13-3)80-36-60(4,12-2)64-39-23-24-41-43(33-39)58(72)66(57(41)71)44-25-28-52(67)63-55(44)69/h14-15,18,20,22-24,27,30-33,40,44-45,47,57,64,71H,11-13,16-17,19,21,25-26,28-29,34-36H2,1-10H3,(H,62,68)(H,63,67,69)/t40-,44?,45-,47+,57?,60?,61?/m0/s1. The van der Waals surface area contributed by atoms with Crippen molar-refractivity contribution < 1.29 is 71.8 Å². The van der Waals surface area contributed by atoms with E-state index < -0.39 is 71.1 Å². The normalized spacial score (nSPS) is 19.2. The molecule has 438 valence electrons. The van der Waals surface area contributed by atoms with Gasteiger partial charge in [0, 0.05) is 41.9 Å². The number of esters is 1. The molecule has 4 aromatic rings. The summed E-state index contributed by atoms with van der Waals surface area (Å²) in [6.45, 7) is 10.1. The van der Waals surface area contributed by atoms with Crippen LogP contribution in [0.3, 0.4) is 0 Å². The molecule has 20 nitrogen and oxygen atoms in total. The molecule has 2 fully saturated rings. The molecule has 20 heteroatoms. The summed E-state index contributed by atoms with van der Waals surface area (Å²) in [7, 11) is 7.69. The first-order valence-electron chi connectivity index (χ1n) is 27.8. The number of carbonyl (C=O) groups is 6. The van der Waals surface area contributed by atoms with Crippen molar-refractivity contribution >= 4 is 41.2 Å². The number of nitrogens with one attached hydrogen (secondary N) is 3. The molecule has 3 heterocycles. The summed E-state index contributed by atoms with van der Waals surface area (Å²) in [5.41, 5.74) is 1.88. The third kappa shape index (κ3) is 14.1. The van der Waals surface area contributed by atoms with E-state index in [1.54, 1.807) is 61.6 Å². The van der Waals surface area contributed by atoms with Gasteiger partial charge in [0.1, 0.15) is 23.9 Å². The first-order chi connectivity index (χ1) is 38.9. The molecular formula is C61H79N5O15. The van der Waals surface area contributed by atoms with Gasteiger partial charge in [0.15, 0.2) is 35.8 Å². The van der Waals surface area contributed by atoms with E-state index in [9.17, 15) is 33.9 Å². The van der Waals surface area contributed by atoms with Gasteiger partial charge in [-0.15, -0.1) is 0 Å². The molecule has 2 saturated heterocycles. The summed E-state index contributed by atoms with van der Waals surface area (Å²) in [5.74, 6) is -0.650. The van der Waals surface area contributed by atoms with Crippen molar-refractivity contribution in [2.75, 3.05) is 67.2 Å². The molecule has 3 aliphatic rings. The number of imide groups is 1. The number of hydrogen-bond donors (Lipinski definition) is 4. The number of nitrogens with zero attached hydrogens (tertiary/aromatic N) is 2. The number of fused-ring (bicyclic) bond motifs is 1. The molecule has 0 spiro atoms. The molecule has 3 aliphatic heterocycles. The Bertz CT molecular complexity index is 2890. The van der Waals surface area contributed by atoms with Crippen LogP contribution in [-0.2, 0) is 39.9 Å². The van der Waals surface area contributed by atoms with E-state index >= 15 is 0 Å². The van der Waals surface area contributed by atoms with Crippen LogP contribution in [0.1, 0.15) is 143 Å². The number of ether oxygens (including phenoxy) is 8. The second kappa shape index (κ2) is 27.3. The third-order valence-corrected chi connectivity index (χ3v) is 15.9. The van der Waals surface area contributed by atoms with Crippen LogP contribution in [-0.4, -0.2) is 135 Å². The molecule has 0 radical (unpaired) electrons. The number of piperidine rings is 2. The van der Waals surface area contributed by atoms with E-state index in [1.165, 1.54) is 21.3 Å². The van der Waals surface area contributed by atoms with Gasteiger partial charge in [-0.2, -0.15) is 0 Å². The van der Waals surface area contributed by atoms with Crippen LogP contribution in [0.4, 0.5) is 5.69 Å². The number of para-hydroxylation sites is 1. The minimum atomic E-state index is -1.34. The molecule has 4 N–H and O–H groups in total. The predicted octanol–water partition coefficient (Wildman–Crippen LogP) is 7.73. The fourth-order valence-corrected chi connectivity index (χ4v) is 10.6. The summed E-state index contributed by atoms with van der Waals surface area (Å²) in [5, 5.41) is 19.9. The van der Waals surface area contributed by atoms with Gasteiger partial charge in [-0.05, 0) is 125 Å². The van der Waals surface area contributed by atoms with E-state index in [1.807, 2.05) is 65.0 Å². The lowest BCUT2D eigenvalue weighted by Crippen LogP contribution is -2.53. The van der Waals surface area contributed by atoms with Crippen molar-refractivity contribution in [1.82, 2.24) is 20.4 Å². The Morgan fingerprint density at radius 3 is 2.17 bits per heavy atom. The Kier molecular flexibility index (Phi) is 20.5. The summed E-state index contributed by atoms with van der Waals surface area (Å²) in [6.07, 6.45) is 2.17. The minimum absolute atomic E-state index is 0.0633. The van der Waals surface area contributed by atoms with Crippen molar-refractivity contribution in [3.05, 3.63) is 101 Å². The van der Waals surface area contributed by atoms with Gasteiger partial charge in [-0.1, -0.05) is 51.1 Å². The van der Waals surface area contributed by atoms with Crippen LogP contribution in [0.5, 0.6) is 34.5 Å². The second-order valence-corrected chi connectivity index (χ2v) is 21.2. The lowest BCUT2D eigenvalue weighted by molar-refractivity contribution is -0.162. The van der Waals surface area contributed by atoms with Crippen molar-refractivity contribution in [2.24, 2.45) is 0 Å². The number of aliphatic hydroxyl groups excluding tert-OH is 1. The topological polar surface area (TPSA) is 239 Å². The van der Waals surface area contributed by atoms with Gasteiger partial charge in [0.25, 0.3) is 11.8 Å². The number of benzene rings is 4. The fourth-order valence-electron chi connectivity index (χ4n) is 10.6. The van der Waals surface area contributed by atoms with Crippen molar-refractivity contribution in [1.29, 1.82) is 0 Å². The smallest absolute Gasteiger partial charge is 0.329 e. The van der Waals surface area contributed by atoms with Gasteiger partial charge in [-0.25, -0.2) is 4.79 Å².